The summed E-state index contributed by atoms with van der Waals surface area (Å²) in [6, 6.07) is 0. The molecule has 0 spiro atoms. The standard InChI is InChI=1S/C10H21NO2/c1-4-9(7-11)10(12)8(2)5-6-13-3/h8-9H,4-7,11H2,1-3H3. The second-order valence-electron chi connectivity index (χ2n) is 3.43. The number of Topliss-reactive ketones (excluding diaryl/α,β-unsaturated/α-hetero) is 1. The molecule has 0 aliphatic carbocycles. The second-order valence-corrected chi connectivity index (χ2v) is 3.43. The Hall–Kier alpha value is -0.410. The van der Waals surface area contributed by atoms with Crippen molar-refractivity contribution in [3.8, 4) is 0 Å². The average molecular weight is 187 g/mol. The zero-order valence-corrected chi connectivity index (χ0v) is 8.88. The number of ketones is 1. The first kappa shape index (κ1) is 12.6. The molecule has 0 saturated carbocycles. The van der Waals surface area contributed by atoms with Crippen molar-refractivity contribution >= 4 is 5.78 Å². The predicted octanol–water partition coefficient (Wildman–Crippen LogP) is 1.21. The normalized spacial score (nSPS) is 15.4. The summed E-state index contributed by atoms with van der Waals surface area (Å²) >= 11 is 0. The van der Waals surface area contributed by atoms with Crippen LogP contribution in [0.25, 0.3) is 0 Å². The molecule has 0 aromatic heterocycles. The number of hydrogen-bond acceptors (Lipinski definition) is 3. The first-order valence-corrected chi connectivity index (χ1v) is 4.90. The van der Waals surface area contributed by atoms with Crippen LogP contribution in [0.4, 0.5) is 0 Å². The van der Waals surface area contributed by atoms with Gasteiger partial charge in [0, 0.05) is 32.1 Å². The van der Waals surface area contributed by atoms with E-state index in [1.165, 1.54) is 0 Å². The lowest BCUT2D eigenvalue weighted by Gasteiger charge is -2.16. The SMILES string of the molecule is CCC(CN)C(=O)C(C)CCOC. The summed E-state index contributed by atoms with van der Waals surface area (Å²) in [6.07, 6.45) is 1.64. The number of carbonyl (C=O) groups is 1. The predicted molar refractivity (Wildman–Crippen MR) is 53.5 cm³/mol. The van der Waals surface area contributed by atoms with Gasteiger partial charge in [-0.05, 0) is 12.8 Å². The lowest BCUT2D eigenvalue weighted by Crippen LogP contribution is -2.28. The maximum atomic E-state index is 11.7. The van der Waals surface area contributed by atoms with Crippen LogP contribution in [0.3, 0.4) is 0 Å². The molecule has 0 aliphatic rings. The molecule has 0 rings (SSSR count). The van der Waals surface area contributed by atoms with E-state index in [-0.39, 0.29) is 17.6 Å². The molecule has 0 aromatic carbocycles. The van der Waals surface area contributed by atoms with Crippen molar-refractivity contribution < 1.29 is 9.53 Å². The van der Waals surface area contributed by atoms with Gasteiger partial charge in [-0.2, -0.15) is 0 Å². The number of nitrogens with two attached hydrogens (primary N) is 1. The molecule has 0 amide bonds. The number of carbonyl (C=O) groups excluding carboxylic acids is 1. The van der Waals surface area contributed by atoms with Crippen LogP contribution >= 0.6 is 0 Å². The van der Waals surface area contributed by atoms with Gasteiger partial charge in [-0.15, -0.1) is 0 Å². The fourth-order valence-electron chi connectivity index (χ4n) is 1.32. The minimum absolute atomic E-state index is 0.0341. The van der Waals surface area contributed by atoms with E-state index in [4.69, 9.17) is 10.5 Å². The lowest BCUT2D eigenvalue weighted by molar-refractivity contribution is -0.126. The van der Waals surface area contributed by atoms with Gasteiger partial charge in [-0.1, -0.05) is 13.8 Å². The summed E-state index contributed by atoms with van der Waals surface area (Å²) in [5.74, 6) is 0.391. The Balaban J connectivity index is 3.92. The quantitative estimate of drug-likeness (QED) is 0.652. The lowest BCUT2D eigenvalue weighted by atomic mass is 9.90. The second kappa shape index (κ2) is 7.04. The van der Waals surface area contributed by atoms with E-state index in [9.17, 15) is 4.79 Å². The van der Waals surface area contributed by atoms with Gasteiger partial charge in [-0.25, -0.2) is 0 Å². The Morgan fingerprint density at radius 2 is 2.15 bits per heavy atom. The van der Waals surface area contributed by atoms with Crippen molar-refractivity contribution in [1.29, 1.82) is 0 Å². The van der Waals surface area contributed by atoms with E-state index in [1.54, 1.807) is 7.11 Å². The molecular formula is C10H21NO2. The smallest absolute Gasteiger partial charge is 0.140 e. The molecule has 3 heteroatoms. The summed E-state index contributed by atoms with van der Waals surface area (Å²) < 4.78 is 4.93. The van der Waals surface area contributed by atoms with Gasteiger partial charge in [0.2, 0.25) is 0 Å². The molecule has 0 bridgehead atoms. The molecule has 2 atom stereocenters. The van der Waals surface area contributed by atoms with Crippen molar-refractivity contribution in [1.82, 2.24) is 0 Å². The van der Waals surface area contributed by atoms with E-state index >= 15 is 0 Å². The largest absolute Gasteiger partial charge is 0.385 e. The van der Waals surface area contributed by atoms with Crippen LogP contribution in [0.1, 0.15) is 26.7 Å². The zero-order chi connectivity index (χ0) is 10.3. The van der Waals surface area contributed by atoms with Crippen LogP contribution in [0.15, 0.2) is 0 Å². The van der Waals surface area contributed by atoms with Gasteiger partial charge in [-0.3, -0.25) is 4.79 Å². The van der Waals surface area contributed by atoms with Crippen LogP contribution in [-0.2, 0) is 9.53 Å². The Bertz CT molecular complexity index is 144. The molecule has 3 nitrogen and oxygen atoms in total. The maximum Gasteiger partial charge on any atom is 0.140 e. The van der Waals surface area contributed by atoms with E-state index in [1.807, 2.05) is 13.8 Å². The number of ether oxygens (including phenoxy) is 1. The average Bonchev–Trinajstić information content (AvgIpc) is 2.15. The van der Waals surface area contributed by atoms with Crippen LogP contribution in [-0.4, -0.2) is 26.0 Å². The van der Waals surface area contributed by atoms with Crippen LogP contribution in [0.5, 0.6) is 0 Å². The molecule has 2 N–H and O–H groups in total. The van der Waals surface area contributed by atoms with Crippen molar-refractivity contribution in [2.75, 3.05) is 20.3 Å². The summed E-state index contributed by atoms with van der Waals surface area (Å²) in [5.41, 5.74) is 5.50. The Morgan fingerprint density at radius 1 is 1.54 bits per heavy atom. The molecule has 0 aromatic rings. The fraction of sp³-hybridized carbons (Fsp3) is 0.900. The third-order valence-electron chi connectivity index (χ3n) is 2.42. The maximum absolute atomic E-state index is 11.7. The van der Waals surface area contributed by atoms with Gasteiger partial charge in [0.1, 0.15) is 5.78 Å². The minimum Gasteiger partial charge on any atom is -0.385 e. The van der Waals surface area contributed by atoms with Crippen molar-refractivity contribution in [3.63, 3.8) is 0 Å². The monoisotopic (exact) mass is 187 g/mol. The summed E-state index contributed by atoms with van der Waals surface area (Å²) in [6.45, 7) is 5.05. The van der Waals surface area contributed by atoms with Crippen LogP contribution in [0, 0.1) is 11.8 Å². The molecule has 0 heterocycles. The molecule has 0 saturated heterocycles. The number of methoxy groups -OCH3 is 1. The van der Waals surface area contributed by atoms with Crippen molar-refractivity contribution in [2.45, 2.75) is 26.7 Å². The Kier molecular flexibility index (Phi) is 6.82. The van der Waals surface area contributed by atoms with E-state index in [0.717, 1.165) is 12.8 Å². The molecule has 2 unspecified atom stereocenters. The summed E-state index contributed by atoms with van der Waals surface area (Å²) in [5, 5.41) is 0. The zero-order valence-electron chi connectivity index (χ0n) is 8.88. The van der Waals surface area contributed by atoms with Gasteiger partial charge in [0.15, 0.2) is 0 Å². The molecule has 13 heavy (non-hydrogen) atoms. The summed E-state index contributed by atoms with van der Waals surface area (Å²) in [7, 11) is 1.65. The van der Waals surface area contributed by atoms with Crippen LogP contribution < -0.4 is 5.73 Å². The topological polar surface area (TPSA) is 52.3 Å². The van der Waals surface area contributed by atoms with Gasteiger partial charge < -0.3 is 10.5 Å². The van der Waals surface area contributed by atoms with E-state index < -0.39 is 0 Å². The van der Waals surface area contributed by atoms with Gasteiger partial charge >= 0.3 is 0 Å². The highest BCUT2D eigenvalue weighted by Crippen LogP contribution is 2.13. The highest BCUT2D eigenvalue weighted by atomic mass is 16.5. The van der Waals surface area contributed by atoms with Gasteiger partial charge in [0.25, 0.3) is 0 Å². The third kappa shape index (κ3) is 4.39. The molecule has 0 radical (unpaired) electrons. The Morgan fingerprint density at radius 3 is 2.54 bits per heavy atom. The molecular weight excluding hydrogens is 166 g/mol. The fourth-order valence-corrected chi connectivity index (χ4v) is 1.32. The first-order valence-electron chi connectivity index (χ1n) is 4.90. The van der Waals surface area contributed by atoms with E-state index in [0.29, 0.717) is 13.2 Å². The molecule has 78 valence electrons. The number of rotatable bonds is 7. The van der Waals surface area contributed by atoms with Crippen molar-refractivity contribution in [3.05, 3.63) is 0 Å². The highest BCUT2D eigenvalue weighted by Gasteiger charge is 2.20. The van der Waals surface area contributed by atoms with Crippen LogP contribution in [0.2, 0.25) is 0 Å². The van der Waals surface area contributed by atoms with E-state index in [2.05, 4.69) is 0 Å². The highest BCUT2D eigenvalue weighted by molar-refractivity contribution is 5.83. The number of hydrogen-bond donors (Lipinski definition) is 1. The summed E-state index contributed by atoms with van der Waals surface area (Å²) in [4.78, 5) is 11.7. The first-order chi connectivity index (χ1) is 6.17. The third-order valence-corrected chi connectivity index (χ3v) is 2.42. The van der Waals surface area contributed by atoms with Crippen molar-refractivity contribution in [2.24, 2.45) is 17.6 Å². The van der Waals surface area contributed by atoms with Gasteiger partial charge in [0.05, 0.1) is 0 Å². The Labute approximate surface area is 80.6 Å². The molecule has 0 fully saturated rings. The molecule has 0 aliphatic heterocycles. The minimum atomic E-state index is 0.0341.